The van der Waals surface area contributed by atoms with Gasteiger partial charge in [-0.2, -0.15) is 0 Å². The van der Waals surface area contributed by atoms with E-state index in [0.717, 1.165) is 25.7 Å². The Balaban J connectivity index is 3.99. The van der Waals surface area contributed by atoms with Crippen molar-refractivity contribution in [3.8, 4) is 0 Å². The number of ether oxygens (including phenoxy) is 1. The lowest BCUT2D eigenvalue weighted by atomic mass is 10.0. The predicted octanol–water partition coefficient (Wildman–Crippen LogP) is 0.489. The monoisotopic (exact) mass is 496 g/mol. The molecule has 10 heteroatoms. The third-order valence-electron chi connectivity index (χ3n) is 6.06. The first-order valence-electron chi connectivity index (χ1n) is 12.7. The Hall–Kier alpha value is -0.850. The Bertz CT molecular complexity index is 502. The number of aliphatic hydroxyl groups excluding tert-OH is 6. The number of hydrogen-bond acceptors (Lipinski definition) is 10. The number of hydrogen-bond donors (Lipinski definition) is 8. The molecule has 0 aromatic carbocycles. The Labute approximate surface area is 203 Å². The molecule has 0 radical (unpaired) electrons. The normalized spacial score (nSPS) is 16.6. The van der Waals surface area contributed by atoms with Crippen LogP contribution in [0.15, 0.2) is 0 Å². The maximum Gasteiger partial charge on any atom is 0.369 e. The number of carbonyl (C=O) groups is 1. The van der Waals surface area contributed by atoms with Gasteiger partial charge in [0, 0.05) is 0 Å². The van der Waals surface area contributed by atoms with Crippen LogP contribution in [0.1, 0.15) is 96.8 Å². The van der Waals surface area contributed by atoms with Gasteiger partial charge in [-0.25, -0.2) is 4.79 Å². The molecule has 204 valence electrons. The molecule has 0 aliphatic heterocycles. The Morgan fingerprint density at radius 2 is 1.12 bits per heavy atom. The summed E-state index contributed by atoms with van der Waals surface area (Å²) in [5.41, 5.74) is 0. The summed E-state index contributed by atoms with van der Waals surface area (Å²) >= 11 is 0. The molecule has 0 saturated carbocycles. The van der Waals surface area contributed by atoms with Crippen LogP contribution in [-0.4, -0.2) is 96.3 Å². The Morgan fingerprint density at radius 1 is 0.706 bits per heavy atom. The maximum atomic E-state index is 11.9. The first kappa shape index (κ1) is 33.1. The van der Waals surface area contributed by atoms with Gasteiger partial charge >= 0.3 is 5.97 Å². The number of esters is 1. The summed E-state index contributed by atoms with van der Waals surface area (Å²) in [6.07, 6.45) is 5.39. The molecule has 0 aliphatic carbocycles. The fraction of sp³-hybridized carbons (Fsp3) is 0.958. The quantitative estimate of drug-likeness (QED) is 0.0595. The molecule has 0 heterocycles. The molecule has 0 aromatic rings. The van der Waals surface area contributed by atoms with E-state index in [0.29, 0.717) is 6.42 Å². The highest BCUT2D eigenvalue weighted by Gasteiger charge is 2.43. The van der Waals surface area contributed by atoms with Crippen LogP contribution in [-0.2, 0) is 9.53 Å². The molecule has 34 heavy (non-hydrogen) atoms. The van der Waals surface area contributed by atoms with E-state index < -0.39 is 55.5 Å². The van der Waals surface area contributed by atoms with E-state index in [1.807, 2.05) is 0 Å². The van der Waals surface area contributed by atoms with Crippen molar-refractivity contribution < 1.29 is 50.4 Å². The summed E-state index contributed by atoms with van der Waals surface area (Å²) < 4.78 is 4.53. The lowest BCUT2D eigenvalue weighted by Crippen LogP contribution is -2.52. The molecule has 5 atom stereocenters. The smallest absolute Gasteiger partial charge is 0.369 e. The summed E-state index contributed by atoms with van der Waals surface area (Å²) in [6, 6.07) is 0. The molecule has 0 spiro atoms. The molecule has 0 bridgehead atoms. The molecular weight excluding hydrogens is 448 g/mol. The fourth-order valence-corrected chi connectivity index (χ4v) is 3.62. The maximum absolute atomic E-state index is 11.9. The van der Waals surface area contributed by atoms with Crippen LogP contribution in [0.4, 0.5) is 0 Å². The van der Waals surface area contributed by atoms with Gasteiger partial charge in [0.2, 0.25) is 0 Å². The Kier molecular flexibility index (Phi) is 18.9. The van der Waals surface area contributed by atoms with Gasteiger partial charge in [0.05, 0.1) is 6.61 Å². The van der Waals surface area contributed by atoms with Gasteiger partial charge in [0.1, 0.15) is 37.1 Å². The first-order valence-corrected chi connectivity index (χ1v) is 12.7. The molecule has 10 nitrogen and oxygen atoms in total. The van der Waals surface area contributed by atoms with Gasteiger partial charge in [0.15, 0.2) is 0 Å². The van der Waals surface area contributed by atoms with Crippen molar-refractivity contribution in [3.63, 3.8) is 0 Å². The summed E-state index contributed by atoms with van der Waals surface area (Å²) in [5.74, 6) is -4.80. The van der Waals surface area contributed by atoms with Crippen LogP contribution in [0.2, 0.25) is 0 Å². The van der Waals surface area contributed by atoms with Gasteiger partial charge in [-0.05, 0) is 6.42 Å². The third kappa shape index (κ3) is 13.9. The highest BCUT2D eigenvalue weighted by atomic mass is 16.6. The summed E-state index contributed by atoms with van der Waals surface area (Å²) in [4.78, 5) is 11.9. The topological polar surface area (TPSA) is 188 Å². The van der Waals surface area contributed by atoms with Crippen LogP contribution in [0.5, 0.6) is 0 Å². The van der Waals surface area contributed by atoms with Crippen LogP contribution >= 0.6 is 0 Å². The van der Waals surface area contributed by atoms with E-state index in [2.05, 4.69) is 11.7 Å². The third-order valence-corrected chi connectivity index (χ3v) is 6.06. The minimum absolute atomic E-state index is 0.0353. The summed E-state index contributed by atoms with van der Waals surface area (Å²) in [7, 11) is 0. The van der Waals surface area contributed by atoms with Crippen LogP contribution in [0.25, 0.3) is 0 Å². The van der Waals surface area contributed by atoms with Crippen molar-refractivity contribution in [2.75, 3.05) is 13.2 Å². The fourth-order valence-electron chi connectivity index (χ4n) is 3.62. The molecular formula is C24H48O10. The van der Waals surface area contributed by atoms with E-state index >= 15 is 0 Å². The molecule has 1 unspecified atom stereocenters. The highest BCUT2D eigenvalue weighted by molar-refractivity contribution is 5.77. The minimum atomic E-state index is -3.19. The zero-order chi connectivity index (χ0) is 26.0. The van der Waals surface area contributed by atoms with E-state index in [-0.39, 0.29) is 6.42 Å². The van der Waals surface area contributed by atoms with Crippen molar-refractivity contribution in [1.82, 2.24) is 0 Å². The molecule has 0 aliphatic rings. The van der Waals surface area contributed by atoms with Gasteiger partial charge in [-0.15, -0.1) is 0 Å². The number of aliphatic hydroxyl groups is 8. The predicted molar refractivity (Wildman–Crippen MR) is 126 cm³/mol. The van der Waals surface area contributed by atoms with E-state index in [9.17, 15) is 40.5 Å². The lowest BCUT2D eigenvalue weighted by Gasteiger charge is -2.28. The zero-order valence-electron chi connectivity index (χ0n) is 20.6. The van der Waals surface area contributed by atoms with E-state index in [1.54, 1.807) is 0 Å². The van der Waals surface area contributed by atoms with Gasteiger partial charge in [0.25, 0.3) is 5.79 Å². The van der Waals surface area contributed by atoms with Crippen LogP contribution in [0.3, 0.4) is 0 Å². The highest BCUT2D eigenvalue weighted by Crippen LogP contribution is 2.18. The minimum Gasteiger partial charge on any atom is -0.459 e. The van der Waals surface area contributed by atoms with Crippen molar-refractivity contribution in [2.45, 2.75) is 133 Å². The first-order chi connectivity index (χ1) is 16.1. The summed E-state index contributed by atoms with van der Waals surface area (Å²) in [5, 5.41) is 76.6. The standard InChI is InChI=1S/C24H48O10/c1-2-3-4-5-6-7-8-9-10-11-12-13-14-15-20(28)24(32,33)23(31)34-17-19(27)22(30)21(29)18(26)16-25/h18-22,25-30,32-33H,2-17H2,1H3/t18-,19+,20?,21-,22-/m1/s1. The van der Waals surface area contributed by atoms with Gasteiger partial charge < -0.3 is 45.6 Å². The van der Waals surface area contributed by atoms with Crippen LogP contribution in [0, 0.1) is 0 Å². The number of unbranched alkanes of at least 4 members (excludes halogenated alkanes) is 12. The number of rotatable bonds is 22. The van der Waals surface area contributed by atoms with Gasteiger partial charge in [-0.1, -0.05) is 90.4 Å². The second kappa shape index (κ2) is 19.4. The molecule has 8 N–H and O–H groups in total. The largest absolute Gasteiger partial charge is 0.459 e. The van der Waals surface area contributed by atoms with Crippen molar-refractivity contribution in [2.24, 2.45) is 0 Å². The molecule has 0 fully saturated rings. The summed E-state index contributed by atoms with van der Waals surface area (Å²) in [6.45, 7) is 0.417. The molecule has 0 aromatic heterocycles. The zero-order valence-corrected chi connectivity index (χ0v) is 20.6. The van der Waals surface area contributed by atoms with Gasteiger partial charge in [-0.3, -0.25) is 0 Å². The van der Waals surface area contributed by atoms with Crippen molar-refractivity contribution >= 4 is 5.97 Å². The number of carbonyl (C=O) groups excluding carboxylic acids is 1. The van der Waals surface area contributed by atoms with E-state index in [4.69, 9.17) is 5.11 Å². The van der Waals surface area contributed by atoms with Crippen molar-refractivity contribution in [3.05, 3.63) is 0 Å². The second-order valence-corrected chi connectivity index (χ2v) is 9.17. The van der Waals surface area contributed by atoms with E-state index in [1.165, 1.54) is 51.4 Å². The second-order valence-electron chi connectivity index (χ2n) is 9.17. The average molecular weight is 497 g/mol. The van der Waals surface area contributed by atoms with Crippen molar-refractivity contribution in [1.29, 1.82) is 0 Å². The SMILES string of the molecule is CCCCCCCCCCCCCCCC(O)C(O)(O)C(=O)OC[C@H](O)[C@@H](O)[C@H](O)[C@H](O)CO. The lowest BCUT2D eigenvalue weighted by molar-refractivity contribution is -0.244. The molecule has 0 amide bonds. The molecule has 0 rings (SSSR count). The van der Waals surface area contributed by atoms with Crippen LogP contribution < -0.4 is 0 Å². The molecule has 0 saturated heterocycles. The Morgan fingerprint density at radius 3 is 1.56 bits per heavy atom. The average Bonchev–Trinajstić information content (AvgIpc) is 2.83.